The molecular weight excluding hydrogens is 306 g/mol. The molecule has 0 saturated carbocycles. The summed E-state index contributed by atoms with van der Waals surface area (Å²) in [6, 6.07) is 3.77. The summed E-state index contributed by atoms with van der Waals surface area (Å²) in [6.45, 7) is 1.95. The number of ether oxygens (including phenoxy) is 1. The van der Waals surface area contributed by atoms with Gasteiger partial charge in [0.05, 0.1) is 17.2 Å². The van der Waals surface area contributed by atoms with Crippen molar-refractivity contribution in [1.29, 1.82) is 0 Å². The first-order valence-corrected chi connectivity index (χ1v) is 7.89. The second-order valence-electron chi connectivity index (χ2n) is 4.39. The van der Waals surface area contributed by atoms with E-state index < -0.39 is 15.4 Å². The van der Waals surface area contributed by atoms with E-state index in [0.717, 1.165) is 5.56 Å². The molecule has 2 rings (SSSR count). The van der Waals surface area contributed by atoms with Crippen LogP contribution in [0, 0.1) is 6.92 Å². The van der Waals surface area contributed by atoms with Gasteiger partial charge in [-0.1, -0.05) is 0 Å². The maximum atomic E-state index is 11.6. The van der Waals surface area contributed by atoms with Crippen molar-refractivity contribution in [3.05, 3.63) is 28.0 Å². The molecule has 1 fully saturated rings. The maximum absolute atomic E-state index is 11.6. The Labute approximate surface area is 109 Å². The zero-order chi connectivity index (χ0) is 12.7. The fourth-order valence-electron chi connectivity index (χ4n) is 2.15. The molecule has 6 heteroatoms. The molecule has 0 spiro atoms. The van der Waals surface area contributed by atoms with Gasteiger partial charge in [0.1, 0.15) is 10.2 Å². The van der Waals surface area contributed by atoms with Crippen LogP contribution < -0.4 is 0 Å². The molecule has 1 aromatic rings. The van der Waals surface area contributed by atoms with Crippen LogP contribution in [0.25, 0.3) is 0 Å². The van der Waals surface area contributed by atoms with Crippen molar-refractivity contribution in [2.24, 2.45) is 0 Å². The smallest absolute Gasteiger partial charge is 0.153 e. The molecule has 0 amide bonds. The molecule has 0 bridgehead atoms. The third-order valence-corrected chi connectivity index (χ3v) is 5.20. The highest BCUT2D eigenvalue weighted by molar-refractivity contribution is 9.10. The number of aromatic nitrogens is 1. The molecule has 1 atom stereocenters. The van der Waals surface area contributed by atoms with Crippen molar-refractivity contribution in [3.8, 4) is 0 Å². The van der Waals surface area contributed by atoms with Crippen molar-refractivity contribution >= 4 is 25.8 Å². The lowest BCUT2D eigenvalue weighted by Gasteiger charge is -2.25. The average molecular weight is 320 g/mol. The van der Waals surface area contributed by atoms with Crippen LogP contribution in [0.2, 0.25) is 0 Å². The molecule has 0 radical (unpaired) electrons. The molecule has 1 unspecified atom stereocenters. The van der Waals surface area contributed by atoms with Gasteiger partial charge < -0.3 is 4.74 Å². The standard InChI is InChI=1S/C11H14BrNO3S/c1-8-5-9(13-10(12)6-8)11(16-2)3-4-17(14,15)7-11/h5-6H,3-4,7H2,1-2H3. The van der Waals surface area contributed by atoms with Gasteiger partial charge in [0.15, 0.2) is 9.84 Å². The second-order valence-corrected chi connectivity index (χ2v) is 7.39. The molecule has 4 nitrogen and oxygen atoms in total. The Bertz CT molecular complexity index is 523. The summed E-state index contributed by atoms with van der Waals surface area (Å²) in [5.74, 6) is 0.174. The van der Waals surface area contributed by atoms with E-state index in [1.807, 2.05) is 19.1 Å². The molecule has 1 aliphatic rings. The quantitative estimate of drug-likeness (QED) is 0.780. The average Bonchev–Trinajstić information content (AvgIpc) is 2.54. The maximum Gasteiger partial charge on any atom is 0.153 e. The Morgan fingerprint density at radius 1 is 1.47 bits per heavy atom. The van der Waals surface area contributed by atoms with Crippen LogP contribution in [0.3, 0.4) is 0 Å². The minimum atomic E-state index is -3.02. The summed E-state index contributed by atoms with van der Waals surface area (Å²) in [4.78, 5) is 4.35. The SMILES string of the molecule is COC1(c2cc(C)cc(Br)n2)CCS(=O)(=O)C1. The number of halogens is 1. The van der Waals surface area contributed by atoms with E-state index in [1.165, 1.54) is 0 Å². The van der Waals surface area contributed by atoms with Crippen LogP contribution in [0.4, 0.5) is 0 Å². The van der Waals surface area contributed by atoms with E-state index >= 15 is 0 Å². The van der Waals surface area contributed by atoms with Crippen molar-refractivity contribution in [3.63, 3.8) is 0 Å². The van der Waals surface area contributed by atoms with E-state index in [4.69, 9.17) is 4.74 Å². The minimum Gasteiger partial charge on any atom is -0.371 e. The monoisotopic (exact) mass is 319 g/mol. The summed E-state index contributed by atoms with van der Waals surface area (Å²) in [7, 11) is -1.48. The van der Waals surface area contributed by atoms with Gasteiger partial charge in [0.2, 0.25) is 0 Å². The highest BCUT2D eigenvalue weighted by Gasteiger charge is 2.45. The van der Waals surface area contributed by atoms with E-state index in [2.05, 4.69) is 20.9 Å². The van der Waals surface area contributed by atoms with Crippen molar-refractivity contribution in [1.82, 2.24) is 4.98 Å². The Balaban J connectivity index is 2.49. The van der Waals surface area contributed by atoms with E-state index in [9.17, 15) is 8.42 Å². The van der Waals surface area contributed by atoms with Crippen LogP contribution in [0.15, 0.2) is 16.7 Å². The van der Waals surface area contributed by atoms with Gasteiger partial charge in [-0.25, -0.2) is 13.4 Å². The van der Waals surface area contributed by atoms with Gasteiger partial charge in [-0.05, 0) is 47.0 Å². The number of rotatable bonds is 2. The molecule has 1 saturated heterocycles. The first-order chi connectivity index (χ1) is 7.87. The summed E-state index contributed by atoms with van der Waals surface area (Å²) < 4.78 is 29.4. The highest BCUT2D eigenvalue weighted by Crippen LogP contribution is 2.36. The number of sulfone groups is 1. The summed E-state index contributed by atoms with van der Waals surface area (Å²) in [5.41, 5.74) is 0.934. The lowest BCUT2D eigenvalue weighted by molar-refractivity contribution is 0.00482. The predicted molar refractivity (Wildman–Crippen MR) is 68.6 cm³/mol. The fourth-order valence-corrected chi connectivity index (χ4v) is 4.60. The zero-order valence-corrected chi connectivity index (χ0v) is 12.1. The van der Waals surface area contributed by atoms with Crippen LogP contribution in [-0.4, -0.2) is 32.0 Å². The van der Waals surface area contributed by atoms with E-state index in [-0.39, 0.29) is 11.5 Å². The number of nitrogens with zero attached hydrogens (tertiary/aromatic N) is 1. The molecule has 0 N–H and O–H groups in total. The van der Waals surface area contributed by atoms with Gasteiger partial charge >= 0.3 is 0 Å². The van der Waals surface area contributed by atoms with Gasteiger partial charge in [0.25, 0.3) is 0 Å². The van der Waals surface area contributed by atoms with Crippen LogP contribution in [0.5, 0.6) is 0 Å². The van der Waals surface area contributed by atoms with Crippen molar-refractivity contribution in [2.75, 3.05) is 18.6 Å². The molecule has 0 aromatic carbocycles. The number of hydrogen-bond donors (Lipinski definition) is 0. The van der Waals surface area contributed by atoms with Crippen LogP contribution in [0.1, 0.15) is 17.7 Å². The van der Waals surface area contributed by atoms with Gasteiger partial charge in [-0.3, -0.25) is 0 Å². The first kappa shape index (κ1) is 13.0. The van der Waals surface area contributed by atoms with E-state index in [1.54, 1.807) is 7.11 Å². The number of aryl methyl sites for hydroxylation is 1. The molecule has 17 heavy (non-hydrogen) atoms. The summed E-state index contributed by atoms with van der Waals surface area (Å²) >= 11 is 3.33. The van der Waals surface area contributed by atoms with Crippen LogP contribution in [-0.2, 0) is 20.2 Å². The Morgan fingerprint density at radius 2 is 2.18 bits per heavy atom. The third kappa shape index (κ3) is 2.53. The highest BCUT2D eigenvalue weighted by atomic mass is 79.9. The Kier molecular flexibility index (Phi) is 3.31. The molecule has 1 aliphatic heterocycles. The Morgan fingerprint density at radius 3 is 2.65 bits per heavy atom. The molecular formula is C11H14BrNO3S. The lowest BCUT2D eigenvalue weighted by Crippen LogP contribution is -2.31. The molecule has 0 aliphatic carbocycles. The fraction of sp³-hybridized carbons (Fsp3) is 0.545. The molecule has 94 valence electrons. The number of methoxy groups -OCH3 is 1. The largest absolute Gasteiger partial charge is 0.371 e. The topological polar surface area (TPSA) is 56.3 Å². The third-order valence-electron chi connectivity index (χ3n) is 3.07. The van der Waals surface area contributed by atoms with Gasteiger partial charge in [0, 0.05) is 7.11 Å². The van der Waals surface area contributed by atoms with Crippen molar-refractivity contribution in [2.45, 2.75) is 18.9 Å². The predicted octanol–water partition coefficient (Wildman–Crippen LogP) is 1.81. The van der Waals surface area contributed by atoms with Gasteiger partial charge in [-0.15, -0.1) is 0 Å². The normalized spacial score (nSPS) is 27.2. The summed E-state index contributed by atoms with van der Waals surface area (Å²) in [6.07, 6.45) is 0.467. The first-order valence-electron chi connectivity index (χ1n) is 5.27. The Hall–Kier alpha value is -0.460. The minimum absolute atomic E-state index is 0.0133. The van der Waals surface area contributed by atoms with Crippen LogP contribution >= 0.6 is 15.9 Å². The lowest BCUT2D eigenvalue weighted by atomic mass is 9.97. The number of pyridine rings is 1. The summed E-state index contributed by atoms with van der Waals surface area (Å²) in [5, 5.41) is 0. The number of hydrogen-bond acceptors (Lipinski definition) is 4. The zero-order valence-electron chi connectivity index (χ0n) is 9.73. The van der Waals surface area contributed by atoms with E-state index in [0.29, 0.717) is 16.7 Å². The van der Waals surface area contributed by atoms with Gasteiger partial charge in [-0.2, -0.15) is 0 Å². The van der Waals surface area contributed by atoms with Crippen molar-refractivity contribution < 1.29 is 13.2 Å². The molecule has 1 aromatic heterocycles. The second kappa shape index (κ2) is 4.33. The molecule has 2 heterocycles.